The van der Waals surface area contributed by atoms with Gasteiger partial charge in [-0.2, -0.15) is 0 Å². The van der Waals surface area contributed by atoms with Crippen molar-refractivity contribution in [2.75, 3.05) is 24.6 Å². The lowest BCUT2D eigenvalue weighted by atomic mass is 9.62. The molecule has 5 rings (SSSR count). The molecule has 3 unspecified atom stereocenters. The van der Waals surface area contributed by atoms with E-state index in [1.165, 1.54) is 0 Å². The summed E-state index contributed by atoms with van der Waals surface area (Å²) in [5.41, 5.74) is 1.44. The van der Waals surface area contributed by atoms with Crippen LogP contribution in [0.4, 0.5) is 5.69 Å². The number of aliphatic hydroxyl groups is 1. The van der Waals surface area contributed by atoms with E-state index in [4.69, 9.17) is 4.74 Å². The maximum atomic E-state index is 15.0. The lowest BCUT2D eigenvalue weighted by molar-refractivity contribution is -0.154. The Bertz CT molecular complexity index is 1470. The van der Waals surface area contributed by atoms with Crippen molar-refractivity contribution in [3.05, 3.63) is 90.5 Å². The molecular weight excluding hydrogens is 566 g/mol. The van der Waals surface area contributed by atoms with Gasteiger partial charge in [-0.1, -0.05) is 68.5 Å². The first-order valence-electron chi connectivity index (χ1n) is 16.0. The van der Waals surface area contributed by atoms with Gasteiger partial charge in [0.1, 0.15) is 11.6 Å². The number of anilines is 1. The predicted octanol–water partition coefficient (Wildman–Crippen LogP) is 4.82. The first-order valence-corrected chi connectivity index (χ1v) is 16.0. The van der Waals surface area contributed by atoms with E-state index in [0.29, 0.717) is 25.9 Å². The summed E-state index contributed by atoms with van der Waals surface area (Å²) in [5, 5.41) is 10.5. The van der Waals surface area contributed by atoms with Crippen LogP contribution in [0.1, 0.15) is 50.3 Å². The molecule has 3 heterocycles. The fourth-order valence-corrected chi connectivity index (χ4v) is 8.12. The SMILES string of the molecule is C=CCN(Cc1ccccc1)C(=O)[C@@H]1[C@H]2C(=O)N([C@@H](CC)CO)C(C(=O)N(CC=C)c3cc(C)ccc3C)C23CC(C)[C@@]1(C)O3. The number of ether oxygens (including phenoxy) is 1. The topological polar surface area (TPSA) is 90.4 Å². The van der Waals surface area contributed by atoms with Crippen molar-refractivity contribution in [3.63, 3.8) is 0 Å². The third-order valence-electron chi connectivity index (χ3n) is 10.4. The van der Waals surface area contributed by atoms with E-state index in [2.05, 4.69) is 13.2 Å². The number of nitrogens with zero attached hydrogens (tertiary/aromatic N) is 3. The molecule has 1 N–H and O–H groups in total. The molecule has 8 heteroatoms. The number of benzene rings is 2. The van der Waals surface area contributed by atoms with Gasteiger partial charge in [0.25, 0.3) is 5.91 Å². The highest BCUT2D eigenvalue weighted by atomic mass is 16.5. The van der Waals surface area contributed by atoms with Crippen LogP contribution >= 0.6 is 0 Å². The van der Waals surface area contributed by atoms with Crippen molar-refractivity contribution in [1.82, 2.24) is 9.80 Å². The van der Waals surface area contributed by atoms with Gasteiger partial charge in [-0.3, -0.25) is 14.4 Å². The standard InChI is InChI=1S/C37H47N3O5/c1-8-18-38(22-27-14-12-11-13-15-27)33(42)30-31-34(43)40(28(10-3)23-41)32(37(31)21-26(6)36(30,7)45-37)35(44)39(19-9-2)29-20-24(4)16-17-25(29)5/h8-9,11-17,20,26,28,30-32,41H,1-2,10,18-19,21-23H2,3-7H3/t26?,28-,30-,31-,32?,36+,37?/m0/s1. The summed E-state index contributed by atoms with van der Waals surface area (Å²) in [6.07, 6.45) is 4.27. The minimum atomic E-state index is -1.23. The zero-order valence-electron chi connectivity index (χ0n) is 27.2. The maximum Gasteiger partial charge on any atom is 0.253 e. The van der Waals surface area contributed by atoms with Crippen LogP contribution in [0.15, 0.2) is 73.8 Å². The highest BCUT2D eigenvalue weighted by molar-refractivity contribution is 6.05. The summed E-state index contributed by atoms with van der Waals surface area (Å²) in [6, 6.07) is 14.1. The Morgan fingerprint density at radius 2 is 1.80 bits per heavy atom. The van der Waals surface area contributed by atoms with Gasteiger partial charge in [0.05, 0.1) is 30.1 Å². The number of hydrogen-bond acceptors (Lipinski definition) is 5. The molecule has 3 aliphatic rings. The van der Waals surface area contributed by atoms with Crippen molar-refractivity contribution in [1.29, 1.82) is 0 Å². The minimum Gasteiger partial charge on any atom is -0.394 e. The molecule has 1 spiro atoms. The van der Waals surface area contributed by atoms with E-state index < -0.39 is 35.1 Å². The third-order valence-corrected chi connectivity index (χ3v) is 10.4. The Morgan fingerprint density at radius 3 is 2.42 bits per heavy atom. The second-order valence-electron chi connectivity index (χ2n) is 13.2. The number of aliphatic hydroxyl groups excluding tert-OH is 1. The number of aryl methyl sites for hydroxylation is 2. The maximum absolute atomic E-state index is 15.0. The summed E-state index contributed by atoms with van der Waals surface area (Å²) in [6.45, 7) is 18.2. The summed E-state index contributed by atoms with van der Waals surface area (Å²) >= 11 is 0. The van der Waals surface area contributed by atoms with E-state index in [1.54, 1.807) is 26.9 Å². The van der Waals surface area contributed by atoms with Crippen molar-refractivity contribution in [2.45, 2.75) is 77.3 Å². The second-order valence-corrected chi connectivity index (χ2v) is 13.2. The van der Waals surface area contributed by atoms with Crippen LogP contribution in [0.25, 0.3) is 0 Å². The van der Waals surface area contributed by atoms with Crippen LogP contribution in [0.2, 0.25) is 0 Å². The molecule has 2 aromatic carbocycles. The van der Waals surface area contributed by atoms with Crippen molar-refractivity contribution >= 4 is 23.4 Å². The van der Waals surface area contributed by atoms with Gasteiger partial charge in [0.2, 0.25) is 11.8 Å². The van der Waals surface area contributed by atoms with E-state index >= 15 is 0 Å². The van der Waals surface area contributed by atoms with Gasteiger partial charge in [-0.15, -0.1) is 13.2 Å². The van der Waals surface area contributed by atoms with E-state index in [9.17, 15) is 19.5 Å². The summed E-state index contributed by atoms with van der Waals surface area (Å²) < 4.78 is 7.00. The largest absolute Gasteiger partial charge is 0.394 e. The normalized spacial score (nSPS) is 28.9. The monoisotopic (exact) mass is 613 g/mol. The molecule has 3 amide bonds. The predicted molar refractivity (Wildman–Crippen MR) is 175 cm³/mol. The van der Waals surface area contributed by atoms with Crippen LogP contribution in [0, 0.1) is 31.6 Å². The van der Waals surface area contributed by atoms with Crippen LogP contribution in [-0.2, 0) is 25.7 Å². The van der Waals surface area contributed by atoms with Crippen molar-refractivity contribution in [3.8, 4) is 0 Å². The number of carbonyl (C=O) groups is 3. The molecule has 0 saturated carbocycles. The molecule has 0 aliphatic carbocycles. The molecule has 2 aromatic rings. The Balaban J connectivity index is 1.63. The summed E-state index contributed by atoms with van der Waals surface area (Å²) in [4.78, 5) is 49.4. The highest BCUT2D eigenvalue weighted by Crippen LogP contribution is 2.66. The Kier molecular flexibility index (Phi) is 9.11. The average molecular weight is 614 g/mol. The average Bonchev–Trinajstić information content (AvgIpc) is 3.54. The van der Waals surface area contributed by atoms with E-state index in [0.717, 1.165) is 22.4 Å². The van der Waals surface area contributed by atoms with Crippen molar-refractivity contribution in [2.24, 2.45) is 17.8 Å². The quantitative estimate of drug-likeness (QED) is 0.347. The molecular formula is C37H47N3O5. The van der Waals surface area contributed by atoms with Crippen LogP contribution in [-0.4, -0.2) is 75.6 Å². The Labute approximate surface area is 267 Å². The number of likely N-dealkylation sites (tertiary alicyclic amines) is 1. The number of amides is 3. The van der Waals surface area contributed by atoms with Gasteiger partial charge in [-0.25, -0.2) is 0 Å². The van der Waals surface area contributed by atoms with Crippen LogP contribution in [0.5, 0.6) is 0 Å². The number of hydrogen-bond donors (Lipinski definition) is 1. The lowest BCUT2D eigenvalue weighted by Crippen LogP contribution is -2.59. The van der Waals surface area contributed by atoms with Crippen LogP contribution < -0.4 is 4.90 Å². The molecule has 3 fully saturated rings. The second kappa shape index (κ2) is 12.6. The Morgan fingerprint density at radius 1 is 1.11 bits per heavy atom. The fraction of sp³-hybridized carbons (Fsp3) is 0.486. The van der Waals surface area contributed by atoms with E-state index in [-0.39, 0.29) is 36.8 Å². The number of rotatable bonds is 12. The van der Waals surface area contributed by atoms with Gasteiger partial charge in [-0.05, 0) is 62.3 Å². The minimum absolute atomic E-state index is 0.101. The van der Waals surface area contributed by atoms with Crippen molar-refractivity contribution < 1.29 is 24.2 Å². The molecule has 3 aliphatic heterocycles. The fourth-order valence-electron chi connectivity index (χ4n) is 8.12. The Hall–Kier alpha value is -3.75. The zero-order valence-corrected chi connectivity index (χ0v) is 27.2. The highest BCUT2D eigenvalue weighted by Gasteiger charge is 2.80. The van der Waals surface area contributed by atoms with Gasteiger partial charge >= 0.3 is 0 Å². The lowest BCUT2D eigenvalue weighted by Gasteiger charge is -2.39. The van der Waals surface area contributed by atoms with E-state index in [1.807, 2.05) is 83.1 Å². The van der Waals surface area contributed by atoms with Crippen LogP contribution in [0.3, 0.4) is 0 Å². The molecule has 8 nitrogen and oxygen atoms in total. The van der Waals surface area contributed by atoms with Gasteiger partial charge in [0.15, 0.2) is 0 Å². The molecule has 0 radical (unpaired) electrons. The first-order chi connectivity index (χ1) is 21.5. The molecule has 3 saturated heterocycles. The number of fused-ring (bicyclic) bond motifs is 1. The molecule has 7 atom stereocenters. The van der Waals surface area contributed by atoms with Gasteiger partial charge in [0, 0.05) is 25.3 Å². The smallest absolute Gasteiger partial charge is 0.253 e. The first kappa shape index (κ1) is 32.6. The number of carbonyl (C=O) groups excluding carboxylic acids is 3. The molecule has 45 heavy (non-hydrogen) atoms. The zero-order chi connectivity index (χ0) is 32.7. The third kappa shape index (κ3) is 5.22. The summed E-state index contributed by atoms with van der Waals surface area (Å²) in [5.74, 6) is -2.55. The summed E-state index contributed by atoms with van der Waals surface area (Å²) in [7, 11) is 0. The molecule has 240 valence electrons. The molecule has 0 aromatic heterocycles. The molecule has 2 bridgehead atoms. The van der Waals surface area contributed by atoms with Gasteiger partial charge < -0.3 is 24.5 Å².